The number of methoxy groups -OCH3 is 1. The lowest BCUT2D eigenvalue weighted by Gasteiger charge is -2.38. The van der Waals surface area contributed by atoms with E-state index in [0.29, 0.717) is 17.9 Å². The molecule has 0 saturated carbocycles. The van der Waals surface area contributed by atoms with Crippen molar-refractivity contribution < 1.29 is 9.47 Å². The van der Waals surface area contributed by atoms with Crippen LogP contribution in [0.4, 0.5) is 5.95 Å². The van der Waals surface area contributed by atoms with Gasteiger partial charge >= 0.3 is 0 Å². The summed E-state index contributed by atoms with van der Waals surface area (Å²) in [6.45, 7) is 5.74. The van der Waals surface area contributed by atoms with E-state index in [1.165, 1.54) is 0 Å². The van der Waals surface area contributed by atoms with Crippen molar-refractivity contribution >= 4 is 21.9 Å². The number of aromatic nitrogens is 2. The van der Waals surface area contributed by atoms with Gasteiger partial charge in [-0.25, -0.2) is 4.98 Å². The Bertz CT molecular complexity index is 416. The molecule has 1 aliphatic heterocycles. The molecular formula is C12H18BrN3O2. The highest BCUT2D eigenvalue weighted by Gasteiger charge is 2.28. The van der Waals surface area contributed by atoms with Gasteiger partial charge in [-0.2, -0.15) is 4.98 Å². The quantitative estimate of drug-likeness (QED) is 0.856. The van der Waals surface area contributed by atoms with E-state index in [-0.39, 0.29) is 6.10 Å². The van der Waals surface area contributed by atoms with Crippen LogP contribution in [0, 0.1) is 0 Å². The average Bonchev–Trinajstić information content (AvgIpc) is 2.39. The molecular weight excluding hydrogens is 298 g/mol. The molecule has 5 nitrogen and oxygen atoms in total. The van der Waals surface area contributed by atoms with Gasteiger partial charge in [-0.15, -0.1) is 0 Å². The molecule has 0 radical (unpaired) electrons. The second-order valence-corrected chi connectivity index (χ2v) is 5.24. The van der Waals surface area contributed by atoms with Crippen LogP contribution in [0.2, 0.25) is 0 Å². The highest BCUT2D eigenvalue weighted by Crippen LogP contribution is 2.26. The van der Waals surface area contributed by atoms with E-state index in [2.05, 4.69) is 44.6 Å². The lowest BCUT2D eigenvalue weighted by molar-refractivity contribution is 0.0292. The Morgan fingerprint density at radius 1 is 1.61 bits per heavy atom. The molecule has 6 heteroatoms. The Hall–Kier alpha value is -0.880. The summed E-state index contributed by atoms with van der Waals surface area (Å²) in [4.78, 5) is 11.0. The molecule has 2 atom stereocenters. The topological polar surface area (TPSA) is 47.5 Å². The van der Waals surface area contributed by atoms with E-state index in [0.717, 1.165) is 24.0 Å². The van der Waals surface area contributed by atoms with Gasteiger partial charge in [0.1, 0.15) is 0 Å². The average molecular weight is 316 g/mol. The van der Waals surface area contributed by atoms with Gasteiger partial charge in [-0.3, -0.25) is 0 Å². The summed E-state index contributed by atoms with van der Waals surface area (Å²) in [5.41, 5.74) is 0. The zero-order chi connectivity index (χ0) is 13.1. The molecule has 2 heterocycles. The van der Waals surface area contributed by atoms with Crippen molar-refractivity contribution in [1.82, 2.24) is 9.97 Å². The standard InChI is InChI=1S/C12H18BrN3O2/c1-4-9-7-18-8(2)6-16(9)12-14-5-10(13)11(15-12)17-3/h5,8-9H,4,6-7H2,1-3H3. The van der Waals surface area contributed by atoms with Crippen molar-refractivity contribution in [3.05, 3.63) is 10.7 Å². The van der Waals surface area contributed by atoms with Gasteiger partial charge in [0, 0.05) is 6.54 Å². The fourth-order valence-electron chi connectivity index (χ4n) is 2.05. The third-order valence-electron chi connectivity index (χ3n) is 3.09. The van der Waals surface area contributed by atoms with Gasteiger partial charge in [0.15, 0.2) is 0 Å². The largest absolute Gasteiger partial charge is 0.480 e. The van der Waals surface area contributed by atoms with Crippen molar-refractivity contribution in [2.24, 2.45) is 0 Å². The Kier molecular flexibility index (Phi) is 4.40. The van der Waals surface area contributed by atoms with E-state index in [9.17, 15) is 0 Å². The third kappa shape index (κ3) is 2.75. The minimum Gasteiger partial charge on any atom is -0.480 e. The number of halogens is 1. The van der Waals surface area contributed by atoms with Crippen molar-refractivity contribution in [2.45, 2.75) is 32.4 Å². The third-order valence-corrected chi connectivity index (χ3v) is 3.63. The number of anilines is 1. The molecule has 18 heavy (non-hydrogen) atoms. The summed E-state index contributed by atoms with van der Waals surface area (Å²) in [6.07, 6.45) is 2.94. The predicted octanol–water partition coefficient (Wildman–Crippen LogP) is 2.25. The van der Waals surface area contributed by atoms with Gasteiger partial charge in [-0.05, 0) is 29.3 Å². The molecule has 1 aromatic rings. The Balaban J connectivity index is 2.27. The summed E-state index contributed by atoms with van der Waals surface area (Å²) >= 11 is 3.37. The number of ether oxygens (including phenoxy) is 2. The van der Waals surface area contributed by atoms with Crippen LogP contribution in [-0.4, -0.2) is 42.4 Å². The first kappa shape index (κ1) is 13.5. The number of hydrogen-bond acceptors (Lipinski definition) is 5. The number of rotatable bonds is 3. The van der Waals surface area contributed by atoms with Crippen LogP contribution >= 0.6 is 15.9 Å². The van der Waals surface area contributed by atoms with Crippen LogP contribution < -0.4 is 9.64 Å². The molecule has 1 aliphatic rings. The van der Waals surface area contributed by atoms with Gasteiger partial charge in [-0.1, -0.05) is 6.92 Å². The molecule has 0 spiro atoms. The van der Waals surface area contributed by atoms with E-state index >= 15 is 0 Å². The van der Waals surface area contributed by atoms with Crippen LogP contribution in [0.3, 0.4) is 0 Å². The molecule has 100 valence electrons. The highest BCUT2D eigenvalue weighted by molar-refractivity contribution is 9.10. The maximum absolute atomic E-state index is 5.68. The molecule has 0 N–H and O–H groups in total. The highest BCUT2D eigenvalue weighted by atomic mass is 79.9. The monoisotopic (exact) mass is 315 g/mol. The first-order chi connectivity index (χ1) is 8.65. The van der Waals surface area contributed by atoms with Crippen LogP contribution in [0.5, 0.6) is 5.88 Å². The Labute approximate surface area is 116 Å². The second-order valence-electron chi connectivity index (χ2n) is 4.39. The van der Waals surface area contributed by atoms with Gasteiger partial charge < -0.3 is 14.4 Å². The van der Waals surface area contributed by atoms with Gasteiger partial charge in [0.05, 0.1) is 36.5 Å². The predicted molar refractivity (Wildman–Crippen MR) is 73.1 cm³/mol. The fraction of sp³-hybridized carbons (Fsp3) is 0.667. The Morgan fingerprint density at radius 3 is 3.06 bits per heavy atom. The summed E-state index contributed by atoms with van der Waals surface area (Å²) < 4.78 is 11.7. The van der Waals surface area contributed by atoms with Crippen LogP contribution in [0.25, 0.3) is 0 Å². The van der Waals surface area contributed by atoms with E-state index in [1.807, 2.05) is 0 Å². The minimum atomic E-state index is 0.200. The number of nitrogens with zero attached hydrogens (tertiary/aromatic N) is 3. The zero-order valence-electron chi connectivity index (χ0n) is 10.9. The summed E-state index contributed by atoms with van der Waals surface area (Å²) in [5, 5.41) is 0. The first-order valence-electron chi connectivity index (χ1n) is 6.10. The summed E-state index contributed by atoms with van der Waals surface area (Å²) in [7, 11) is 1.61. The zero-order valence-corrected chi connectivity index (χ0v) is 12.5. The molecule has 1 saturated heterocycles. The maximum Gasteiger partial charge on any atom is 0.232 e. The van der Waals surface area contributed by atoms with Crippen molar-refractivity contribution in [3.63, 3.8) is 0 Å². The fourth-order valence-corrected chi connectivity index (χ4v) is 2.40. The number of morpholine rings is 1. The van der Waals surface area contributed by atoms with Crippen LogP contribution in [0.1, 0.15) is 20.3 Å². The van der Waals surface area contributed by atoms with E-state index in [4.69, 9.17) is 9.47 Å². The molecule has 0 bridgehead atoms. The van der Waals surface area contributed by atoms with E-state index < -0.39 is 0 Å². The molecule has 1 fully saturated rings. The summed E-state index contributed by atoms with van der Waals surface area (Å²) in [6, 6.07) is 0.326. The van der Waals surface area contributed by atoms with Crippen molar-refractivity contribution in [3.8, 4) is 5.88 Å². The SMILES string of the molecule is CCC1COC(C)CN1c1ncc(Br)c(OC)n1. The van der Waals surface area contributed by atoms with Crippen molar-refractivity contribution in [2.75, 3.05) is 25.2 Å². The molecule has 0 amide bonds. The molecule has 2 unspecified atom stereocenters. The maximum atomic E-state index is 5.68. The van der Waals surface area contributed by atoms with Crippen LogP contribution in [0.15, 0.2) is 10.7 Å². The van der Waals surface area contributed by atoms with Crippen LogP contribution in [-0.2, 0) is 4.74 Å². The second kappa shape index (κ2) is 5.84. The first-order valence-corrected chi connectivity index (χ1v) is 6.89. The lowest BCUT2D eigenvalue weighted by Crippen LogP contribution is -2.49. The number of hydrogen-bond donors (Lipinski definition) is 0. The molecule has 0 aromatic carbocycles. The molecule has 1 aromatic heterocycles. The van der Waals surface area contributed by atoms with Crippen molar-refractivity contribution in [1.29, 1.82) is 0 Å². The Morgan fingerprint density at radius 2 is 2.39 bits per heavy atom. The molecule has 0 aliphatic carbocycles. The normalized spacial score (nSPS) is 24.1. The lowest BCUT2D eigenvalue weighted by atomic mass is 10.1. The van der Waals surface area contributed by atoms with Gasteiger partial charge in [0.2, 0.25) is 11.8 Å². The summed E-state index contributed by atoms with van der Waals surface area (Å²) in [5.74, 6) is 1.27. The molecule has 2 rings (SSSR count). The minimum absolute atomic E-state index is 0.200. The smallest absolute Gasteiger partial charge is 0.232 e. The van der Waals surface area contributed by atoms with E-state index in [1.54, 1.807) is 13.3 Å². The van der Waals surface area contributed by atoms with Gasteiger partial charge in [0.25, 0.3) is 0 Å².